The zero-order valence-corrected chi connectivity index (χ0v) is 17.7. The maximum Gasteiger partial charge on any atom is 0.227 e. The van der Waals surface area contributed by atoms with Crippen LogP contribution < -0.4 is 10.1 Å². The van der Waals surface area contributed by atoms with Gasteiger partial charge in [-0.3, -0.25) is 0 Å². The van der Waals surface area contributed by atoms with Crippen molar-refractivity contribution in [3.63, 3.8) is 0 Å². The number of nitrogens with one attached hydrogen (secondary N) is 1. The first-order valence-corrected chi connectivity index (χ1v) is 12.1. The third kappa shape index (κ3) is 4.25. The quantitative estimate of drug-likeness (QED) is 0.612. The maximum atomic E-state index is 14.6. The third-order valence-corrected chi connectivity index (χ3v) is 7.74. The van der Waals surface area contributed by atoms with E-state index in [2.05, 4.69) is 15.3 Å². The summed E-state index contributed by atoms with van der Waals surface area (Å²) in [7, 11) is -3.11. The Morgan fingerprint density at radius 3 is 2.84 bits per heavy atom. The second-order valence-electron chi connectivity index (χ2n) is 7.97. The van der Waals surface area contributed by atoms with Gasteiger partial charge >= 0.3 is 0 Å². The van der Waals surface area contributed by atoms with Crippen LogP contribution in [0.4, 0.5) is 16.0 Å². The fourth-order valence-corrected chi connectivity index (χ4v) is 5.57. The average Bonchev–Trinajstić information content (AvgIpc) is 3.61. The molecule has 3 aromatic rings. The highest BCUT2D eigenvalue weighted by Crippen LogP contribution is 2.37. The van der Waals surface area contributed by atoms with Crippen molar-refractivity contribution in [3.8, 4) is 17.0 Å². The Bertz CT molecular complexity index is 1240. The van der Waals surface area contributed by atoms with E-state index in [0.29, 0.717) is 29.2 Å². The van der Waals surface area contributed by atoms with E-state index in [1.165, 1.54) is 0 Å². The van der Waals surface area contributed by atoms with E-state index in [1.807, 2.05) is 12.1 Å². The van der Waals surface area contributed by atoms with Crippen molar-refractivity contribution in [1.82, 2.24) is 9.97 Å². The van der Waals surface area contributed by atoms with Gasteiger partial charge in [-0.05, 0) is 55.0 Å². The van der Waals surface area contributed by atoms with Crippen LogP contribution in [0.15, 0.2) is 48.7 Å². The molecule has 6 nitrogen and oxygen atoms in total. The summed E-state index contributed by atoms with van der Waals surface area (Å²) < 4.78 is 45.0. The molecule has 1 fully saturated rings. The first-order valence-electron chi connectivity index (χ1n) is 10.3. The highest BCUT2D eigenvalue weighted by Gasteiger charge is 2.35. The van der Waals surface area contributed by atoms with Crippen LogP contribution >= 0.6 is 0 Å². The fraction of sp³-hybridized carbons (Fsp3) is 0.304. The summed E-state index contributed by atoms with van der Waals surface area (Å²) >= 11 is 0. The minimum atomic E-state index is -3.11. The summed E-state index contributed by atoms with van der Waals surface area (Å²) in [4.78, 5) is 8.45. The van der Waals surface area contributed by atoms with E-state index in [9.17, 15) is 12.8 Å². The van der Waals surface area contributed by atoms with Crippen LogP contribution in [0, 0.1) is 5.82 Å². The molecule has 2 heterocycles. The summed E-state index contributed by atoms with van der Waals surface area (Å²) in [5.74, 6) is 0.380. The lowest BCUT2D eigenvalue weighted by Crippen LogP contribution is -2.10. The lowest BCUT2D eigenvalue weighted by atomic mass is 10.0. The van der Waals surface area contributed by atoms with Gasteiger partial charge in [0.05, 0.1) is 23.8 Å². The van der Waals surface area contributed by atoms with Gasteiger partial charge in [0, 0.05) is 11.3 Å². The molecule has 0 saturated heterocycles. The largest absolute Gasteiger partial charge is 0.493 e. The molecule has 0 bridgehead atoms. The van der Waals surface area contributed by atoms with E-state index in [1.54, 1.807) is 30.3 Å². The van der Waals surface area contributed by atoms with Gasteiger partial charge < -0.3 is 10.1 Å². The van der Waals surface area contributed by atoms with Gasteiger partial charge in [0.15, 0.2) is 15.7 Å². The van der Waals surface area contributed by atoms with Crippen LogP contribution in [-0.2, 0) is 22.0 Å². The third-order valence-electron chi connectivity index (χ3n) is 5.52. The van der Waals surface area contributed by atoms with E-state index < -0.39 is 15.7 Å². The zero-order chi connectivity index (χ0) is 21.4. The standard InChI is InChI=1S/C23H22FN3O3S/c24-20-13-25-23(27-21(20)19-8-2-5-16-6-3-11-30-22(16)19)26-17-7-1-4-15(12-17)14-31(28,29)18-9-10-18/h1-2,4-5,7-8,12-13,18H,3,6,9-11,14H2,(H,25,26,27). The topological polar surface area (TPSA) is 81.2 Å². The Balaban J connectivity index is 1.42. The highest BCUT2D eigenvalue weighted by atomic mass is 32.2. The van der Waals surface area contributed by atoms with Gasteiger partial charge in [-0.25, -0.2) is 22.8 Å². The first kappa shape index (κ1) is 19.9. The van der Waals surface area contributed by atoms with E-state index in [4.69, 9.17) is 4.74 Å². The Morgan fingerprint density at radius 2 is 2.00 bits per heavy atom. The number of nitrogens with zero attached hydrogens (tertiary/aromatic N) is 2. The van der Waals surface area contributed by atoms with E-state index in [-0.39, 0.29) is 22.6 Å². The van der Waals surface area contributed by atoms with Gasteiger partial charge in [0.1, 0.15) is 11.4 Å². The number of halogens is 1. The maximum absolute atomic E-state index is 14.6. The molecule has 1 aliphatic carbocycles. The molecule has 0 spiro atoms. The first-order chi connectivity index (χ1) is 15.0. The molecular weight excluding hydrogens is 417 g/mol. The van der Waals surface area contributed by atoms with Gasteiger partial charge in [-0.1, -0.05) is 24.3 Å². The molecule has 1 N–H and O–H groups in total. The predicted molar refractivity (Wildman–Crippen MR) is 117 cm³/mol. The van der Waals surface area contributed by atoms with Crippen LogP contribution in [0.2, 0.25) is 0 Å². The molecule has 0 amide bonds. The molecular formula is C23H22FN3O3S. The van der Waals surface area contributed by atoms with Gasteiger partial charge in [-0.15, -0.1) is 0 Å². The second kappa shape index (κ2) is 7.92. The number of ether oxygens (including phenoxy) is 1. The predicted octanol–water partition coefficient (Wildman–Crippen LogP) is 4.43. The number of benzene rings is 2. The average molecular weight is 440 g/mol. The number of sulfone groups is 1. The van der Waals surface area contributed by atoms with Crippen molar-refractivity contribution < 1.29 is 17.5 Å². The molecule has 5 rings (SSSR count). The van der Waals surface area contributed by atoms with Crippen LogP contribution in [0.3, 0.4) is 0 Å². The van der Waals surface area contributed by atoms with Crippen molar-refractivity contribution in [2.75, 3.05) is 11.9 Å². The van der Waals surface area contributed by atoms with Gasteiger partial charge in [-0.2, -0.15) is 0 Å². The summed E-state index contributed by atoms with van der Waals surface area (Å²) in [5.41, 5.74) is 3.16. The van der Waals surface area contributed by atoms with E-state index >= 15 is 0 Å². The van der Waals surface area contributed by atoms with Crippen LogP contribution in [0.5, 0.6) is 5.75 Å². The minimum absolute atomic E-state index is 0.0101. The molecule has 2 aliphatic rings. The molecule has 0 unspecified atom stereocenters. The molecule has 8 heteroatoms. The molecule has 0 atom stereocenters. The molecule has 0 radical (unpaired) electrons. The zero-order valence-electron chi connectivity index (χ0n) is 16.8. The van der Waals surface area contributed by atoms with Crippen LogP contribution in [0.25, 0.3) is 11.3 Å². The molecule has 160 valence electrons. The molecule has 1 aliphatic heterocycles. The minimum Gasteiger partial charge on any atom is -0.493 e. The van der Waals surface area contributed by atoms with Crippen molar-refractivity contribution >= 4 is 21.5 Å². The monoisotopic (exact) mass is 439 g/mol. The normalized spacial score (nSPS) is 15.8. The Morgan fingerprint density at radius 1 is 1.16 bits per heavy atom. The number of rotatable bonds is 6. The Labute approximate surface area is 180 Å². The number of anilines is 2. The smallest absolute Gasteiger partial charge is 0.227 e. The number of fused-ring (bicyclic) bond motifs is 1. The van der Waals surface area contributed by atoms with Gasteiger partial charge in [0.2, 0.25) is 5.95 Å². The van der Waals surface area contributed by atoms with Gasteiger partial charge in [0.25, 0.3) is 0 Å². The number of hydrogen-bond acceptors (Lipinski definition) is 6. The number of hydrogen-bond donors (Lipinski definition) is 1. The van der Waals surface area contributed by atoms with E-state index in [0.717, 1.165) is 37.4 Å². The lowest BCUT2D eigenvalue weighted by Gasteiger charge is -2.20. The fourth-order valence-electron chi connectivity index (χ4n) is 3.84. The number of aromatic nitrogens is 2. The van der Waals surface area contributed by atoms with Crippen molar-refractivity contribution in [3.05, 3.63) is 65.6 Å². The number of para-hydroxylation sites is 1. The summed E-state index contributed by atoms with van der Waals surface area (Å²) in [5, 5.41) is 2.87. The van der Waals surface area contributed by atoms with Crippen molar-refractivity contribution in [2.24, 2.45) is 0 Å². The number of aryl methyl sites for hydroxylation is 1. The van der Waals surface area contributed by atoms with Crippen molar-refractivity contribution in [2.45, 2.75) is 36.7 Å². The summed E-state index contributed by atoms with van der Waals surface area (Å²) in [6.07, 6.45) is 4.45. The molecule has 1 saturated carbocycles. The second-order valence-corrected chi connectivity index (χ2v) is 10.2. The summed E-state index contributed by atoms with van der Waals surface area (Å²) in [6, 6.07) is 12.8. The van der Waals surface area contributed by atoms with Crippen LogP contribution in [0.1, 0.15) is 30.4 Å². The summed E-state index contributed by atoms with van der Waals surface area (Å²) in [6.45, 7) is 0.596. The lowest BCUT2D eigenvalue weighted by molar-refractivity contribution is 0.289. The highest BCUT2D eigenvalue weighted by molar-refractivity contribution is 7.91. The van der Waals surface area contributed by atoms with Crippen LogP contribution in [-0.4, -0.2) is 30.2 Å². The molecule has 1 aromatic heterocycles. The Kier molecular flexibility index (Phi) is 5.09. The molecule has 2 aromatic carbocycles. The SMILES string of the molecule is O=S(=O)(Cc1cccc(Nc2ncc(F)c(-c3cccc4c3OCCC4)n2)c1)C1CC1. The molecule has 31 heavy (non-hydrogen) atoms. The van der Waals surface area contributed by atoms with Crippen molar-refractivity contribution in [1.29, 1.82) is 0 Å². The Hall–Kier alpha value is -3.00.